The van der Waals surface area contributed by atoms with Gasteiger partial charge >= 0.3 is 11.1 Å². The van der Waals surface area contributed by atoms with Crippen LogP contribution in [0.1, 0.15) is 12.8 Å². The van der Waals surface area contributed by atoms with Gasteiger partial charge in [0, 0.05) is 27.4 Å². The van der Waals surface area contributed by atoms with Crippen LogP contribution < -0.4 is 9.88 Å². The van der Waals surface area contributed by atoms with Crippen molar-refractivity contribution in [3.63, 3.8) is 0 Å². The number of benzene rings is 2. The van der Waals surface area contributed by atoms with Gasteiger partial charge in [-0.2, -0.15) is 0 Å². The van der Waals surface area contributed by atoms with E-state index in [0.29, 0.717) is 23.0 Å². The number of halogens is 2. The molecule has 4 nitrogen and oxygen atoms in total. The Kier molecular flexibility index (Phi) is 6.14. The van der Waals surface area contributed by atoms with Crippen molar-refractivity contribution in [3.05, 3.63) is 64.0 Å². The first kappa shape index (κ1) is 18.7. The molecule has 2 aromatic carbocycles. The fraction of sp³-hybridized carbons (Fsp3) is 0.158. The SMILES string of the molecule is O=C(O)CCC[n+]1c(-c2ccc(Cl)cc2)csc1Nc1ccc(Cl)cc1. The standard InChI is InChI=1S/C19H16Cl2N2O2S/c20-14-5-3-13(4-6-14)17-12-26-19(23(17)11-1-2-18(24)25)22-16-9-7-15(21)8-10-16/h3-10,12H,1-2,11H2,(H,24,25)/p+1. The second-order valence-corrected chi connectivity index (χ2v) is 7.44. The van der Waals surface area contributed by atoms with Crippen LogP contribution in [0, 0.1) is 0 Å². The zero-order chi connectivity index (χ0) is 18.5. The number of carboxylic acids is 1. The number of aliphatic carboxylic acids is 1. The molecule has 0 saturated heterocycles. The monoisotopic (exact) mass is 407 g/mol. The average molecular weight is 408 g/mol. The van der Waals surface area contributed by atoms with E-state index in [4.69, 9.17) is 28.3 Å². The summed E-state index contributed by atoms with van der Waals surface area (Å²) in [5.41, 5.74) is 2.98. The Labute approximate surface area is 165 Å². The van der Waals surface area contributed by atoms with E-state index in [-0.39, 0.29) is 6.42 Å². The minimum absolute atomic E-state index is 0.128. The summed E-state index contributed by atoms with van der Waals surface area (Å²) in [4.78, 5) is 10.9. The Morgan fingerprint density at radius 2 is 1.65 bits per heavy atom. The van der Waals surface area contributed by atoms with Crippen LogP contribution in [-0.4, -0.2) is 11.1 Å². The summed E-state index contributed by atoms with van der Waals surface area (Å²) in [6.07, 6.45) is 0.676. The number of hydrogen-bond donors (Lipinski definition) is 2. The molecule has 7 heteroatoms. The molecule has 0 aliphatic heterocycles. The van der Waals surface area contributed by atoms with Gasteiger partial charge in [0.15, 0.2) is 0 Å². The number of anilines is 2. The van der Waals surface area contributed by atoms with E-state index in [9.17, 15) is 4.79 Å². The Balaban J connectivity index is 1.91. The van der Waals surface area contributed by atoms with Gasteiger partial charge in [-0.3, -0.25) is 4.79 Å². The van der Waals surface area contributed by atoms with Crippen LogP contribution in [0.2, 0.25) is 10.0 Å². The summed E-state index contributed by atoms with van der Waals surface area (Å²) in [5, 5.41) is 16.7. The maximum Gasteiger partial charge on any atom is 0.339 e. The van der Waals surface area contributed by atoms with E-state index < -0.39 is 5.97 Å². The summed E-state index contributed by atoms with van der Waals surface area (Å²) in [5.74, 6) is -0.791. The van der Waals surface area contributed by atoms with Crippen LogP contribution in [0.5, 0.6) is 0 Å². The summed E-state index contributed by atoms with van der Waals surface area (Å²) in [6.45, 7) is 0.601. The molecule has 0 saturated carbocycles. The molecule has 3 aromatic rings. The second-order valence-electron chi connectivity index (χ2n) is 5.71. The van der Waals surface area contributed by atoms with Gasteiger partial charge in [0.05, 0.1) is 6.54 Å². The topological polar surface area (TPSA) is 53.2 Å². The predicted molar refractivity (Wildman–Crippen MR) is 107 cm³/mol. The van der Waals surface area contributed by atoms with Gasteiger partial charge in [-0.1, -0.05) is 34.5 Å². The molecule has 0 aliphatic rings. The number of hydrogen-bond acceptors (Lipinski definition) is 3. The van der Waals surface area contributed by atoms with E-state index in [1.165, 1.54) is 0 Å². The van der Waals surface area contributed by atoms with E-state index in [2.05, 4.69) is 15.3 Å². The highest BCUT2D eigenvalue weighted by atomic mass is 35.5. The molecule has 0 bridgehead atoms. The first-order chi connectivity index (χ1) is 12.5. The summed E-state index contributed by atoms with van der Waals surface area (Å²) in [6, 6.07) is 15.1. The highest BCUT2D eigenvalue weighted by Gasteiger charge is 2.20. The van der Waals surface area contributed by atoms with Crippen molar-refractivity contribution in [2.45, 2.75) is 19.4 Å². The molecule has 1 heterocycles. The lowest BCUT2D eigenvalue weighted by Crippen LogP contribution is -2.36. The molecule has 0 aliphatic carbocycles. The van der Waals surface area contributed by atoms with Gasteiger partial charge in [-0.05, 0) is 55.0 Å². The van der Waals surface area contributed by atoms with E-state index in [0.717, 1.165) is 22.1 Å². The van der Waals surface area contributed by atoms with Gasteiger partial charge in [-0.15, -0.1) is 0 Å². The van der Waals surface area contributed by atoms with Crippen LogP contribution in [0.15, 0.2) is 53.9 Å². The van der Waals surface area contributed by atoms with Gasteiger partial charge in [-0.25, -0.2) is 9.88 Å². The van der Waals surface area contributed by atoms with E-state index in [1.54, 1.807) is 11.3 Å². The van der Waals surface area contributed by atoms with Crippen molar-refractivity contribution >= 4 is 51.3 Å². The molecule has 134 valence electrons. The molecule has 0 fully saturated rings. The van der Waals surface area contributed by atoms with Crippen molar-refractivity contribution in [2.75, 3.05) is 5.32 Å². The van der Waals surface area contributed by atoms with Crippen molar-refractivity contribution in [1.82, 2.24) is 0 Å². The van der Waals surface area contributed by atoms with Crippen molar-refractivity contribution < 1.29 is 14.5 Å². The number of carbonyl (C=O) groups is 1. The first-order valence-electron chi connectivity index (χ1n) is 8.04. The number of thiazole rings is 1. The van der Waals surface area contributed by atoms with Crippen LogP contribution >= 0.6 is 34.5 Å². The summed E-state index contributed by atoms with van der Waals surface area (Å²) >= 11 is 13.5. The first-order valence-corrected chi connectivity index (χ1v) is 9.68. The Morgan fingerprint density at radius 1 is 1.04 bits per heavy atom. The average Bonchev–Trinajstić information content (AvgIpc) is 3.00. The van der Waals surface area contributed by atoms with Crippen LogP contribution in [0.25, 0.3) is 11.3 Å². The van der Waals surface area contributed by atoms with Gasteiger partial charge in [0.1, 0.15) is 11.4 Å². The lowest BCUT2D eigenvalue weighted by atomic mass is 10.1. The third kappa shape index (κ3) is 4.75. The molecular formula is C19H17Cl2N2O2S+. The minimum Gasteiger partial charge on any atom is -0.481 e. The maximum absolute atomic E-state index is 10.9. The molecule has 0 radical (unpaired) electrons. The number of rotatable bonds is 7. The Hall–Kier alpha value is -2.08. The van der Waals surface area contributed by atoms with Crippen molar-refractivity contribution in [3.8, 4) is 11.3 Å². The Bertz CT molecular complexity index is 893. The summed E-state index contributed by atoms with van der Waals surface area (Å²) < 4.78 is 2.10. The highest BCUT2D eigenvalue weighted by molar-refractivity contribution is 7.13. The Morgan fingerprint density at radius 3 is 2.27 bits per heavy atom. The molecule has 0 spiro atoms. The van der Waals surface area contributed by atoms with E-state index in [1.807, 2.05) is 48.5 Å². The quantitative estimate of drug-likeness (QED) is 0.499. The number of nitrogens with one attached hydrogen (secondary N) is 1. The second kappa shape index (κ2) is 8.54. The van der Waals surface area contributed by atoms with E-state index >= 15 is 0 Å². The molecule has 0 atom stereocenters. The molecular weight excluding hydrogens is 391 g/mol. The number of nitrogens with zero attached hydrogens (tertiary/aromatic N) is 1. The normalized spacial score (nSPS) is 10.7. The minimum atomic E-state index is -0.791. The predicted octanol–water partition coefficient (Wildman–Crippen LogP) is 5.62. The maximum atomic E-state index is 10.9. The highest BCUT2D eigenvalue weighted by Crippen LogP contribution is 2.27. The zero-order valence-electron chi connectivity index (χ0n) is 13.8. The lowest BCUT2D eigenvalue weighted by Gasteiger charge is -2.06. The third-order valence-corrected chi connectivity index (χ3v) is 5.22. The molecule has 0 amide bonds. The van der Waals surface area contributed by atoms with Gasteiger partial charge < -0.3 is 5.11 Å². The van der Waals surface area contributed by atoms with Crippen LogP contribution in [0.4, 0.5) is 10.8 Å². The molecule has 1 aromatic heterocycles. The fourth-order valence-electron chi connectivity index (χ4n) is 2.56. The molecule has 0 unspecified atom stereocenters. The fourth-order valence-corrected chi connectivity index (χ4v) is 3.79. The molecule has 2 N–H and O–H groups in total. The molecule has 26 heavy (non-hydrogen) atoms. The van der Waals surface area contributed by atoms with Gasteiger partial charge in [0.2, 0.25) is 0 Å². The van der Waals surface area contributed by atoms with Gasteiger partial charge in [0.25, 0.3) is 0 Å². The largest absolute Gasteiger partial charge is 0.481 e. The number of carboxylic acid groups (broad SMARTS) is 1. The van der Waals surface area contributed by atoms with Crippen molar-refractivity contribution in [2.24, 2.45) is 0 Å². The zero-order valence-corrected chi connectivity index (χ0v) is 16.1. The summed E-state index contributed by atoms with van der Waals surface area (Å²) in [7, 11) is 0. The molecule has 3 rings (SSSR count). The van der Waals surface area contributed by atoms with Crippen LogP contribution in [0.3, 0.4) is 0 Å². The van der Waals surface area contributed by atoms with Crippen LogP contribution in [-0.2, 0) is 11.3 Å². The third-order valence-electron chi connectivity index (χ3n) is 3.83. The number of aromatic nitrogens is 1. The van der Waals surface area contributed by atoms with Crippen molar-refractivity contribution in [1.29, 1.82) is 0 Å². The lowest BCUT2D eigenvalue weighted by molar-refractivity contribution is -0.668. The smallest absolute Gasteiger partial charge is 0.339 e.